The van der Waals surface area contributed by atoms with Gasteiger partial charge in [0.05, 0.1) is 16.6 Å². The number of thioether (sulfide) groups is 1. The third-order valence-electron chi connectivity index (χ3n) is 6.30. The van der Waals surface area contributed by atoms with E-state index >= 15 is 0 Å². The normalized spacial score (nSPS) is 12.2. The lowest BCUT2D eigenvalue weighted by Gasteiger charge is -2.21. The van der Waals surface area contributed by atoms with Crippen molar-refractivity contribution in [1.82, 2.24) is 14.9 Å². The van der Waals surface area contributed by atoms with E-state index in [0.29, 0.717) is 16.6 Å². The van der Waals surface area contributed by atoms with Gasteiger partial charge in [-0.2, -0.15) is 11.8 Å². The molecule has 0 amide bonds. The molecule has 0 fully saturated rings. The van der Waals surface area contributed by atoms with E-state index < -0.39 is 0 Å². The van der Waals surface area contributed by atoms with Crippen molar-refractivity contribution < 1.29 is 13.5 Å². The molecule has 5 rings (SSSR count). The summed E-state index contributed by atoms with van der Waals surface area (Å²) in [6.45, 7) is 0.213. The molecule has 2 aromatic heterocycles. The maximum absolute atomic E-state index is 13.4. The van der Waals surface area contributed by atoms with Crippen molar-refractivity contribution in [3.05, 3.63) is 101 Å². The lowest BCUT2D eigenvalue weighted by Crippen LogP contribution is -2.21. The van der Waals surface area contributed by atoms with Crippen LogP contribution in [0.4, 0.5) is 15.9 Å². The van der Waals surface area contributed by atoms with Gasteiger partial charge in [-0.3, -0.25) is 4.90 Å². The van der Waals surface area contributed by atoms with Crippen LogP contribution in [0.3, 0.4) is 0 Å². The minimum absolute atomic E-state index is 0.195. The highest BCUT2D eigenvalue weighted by Gasteiger charge is 2.18. The molecule has 0 saturated heterocycles. The smallest absolute Gasteiger partial charge is 0.141 e. The average Bonchev–Trinajstić information content (AvgIpc) is 3.41. The van der Waals surface area contributed by atoms with Crippen molar-refractivity contribution >= 4 is 45.8 Å². The first-order valence-corrected chi connectivity index (χ1v) is 14.1. The molecule has 1 atom stereocenters. The number of ether oxygens (including phenoxy) is 1. The Morgan fingerprint density at radius 2 is 1.92 bits per heavy atom. The van der Waals surface area contributed by atoms with Crippen molar-refractivity contribution in [3.63, 3.8) is 0 Å². The van der Waals surface area contributed by atoms with Crippen LogP contribution in [0.2, 0.25) is 5.02 Å². The van der Waals surface area contributed by atoms with Gasteiger partial charge in [-0.15, -0.1) is 0 Å². The highest BCUT2D eigenvalue weighted by molar-refractivity contribution is 7.98. The van der Waals surface area contributed by atoms with Crippen molar-refractivity contribution in [2.24, 2.45) is 0 Å². The summed E-state index contributed by atoms with van der Waals surface area (Å²) >= 11 is 8.29. The van der Waals surface area contributed by atoms with Gasteiger partial charge in [0.2, 0.25) is 0 Å². The van der Waals surface area contributed by atoms with Gasteiger partial charge >= 0.3 is 0 Å². The van der Waals surface area contributed by atoms with Crippen LogP contribution in [0.5, 0.6) is 5.75 Å². The minimum atomic E-state index is -0.303. The molecule has 0 bridgehead atoms. The zero-order valence-corrected chi connectivity index (χ0v) is 23.4. The molecule has 0 aliphatic carbocycles. The Hall–Kier alpha value is -3.59. The summed E-state index contributed by atoms with van der Waals surface area (Å²) in [4.78, 5) is 11.1. The van der Waals surface area contributed by atoms with Gasteiger partial charge in [-0.1, -0.05) is 23.7 Å². The molecule has 1 unspecified atom stereocenters. The molecule has 0 radical (unpaired) electrons. The molecule has 39 heavy (non-hydrogen) atoms. The fraction of sp³-hybridized carbons (Fsp3) is 0.200. The summed E-state index contributed by atoms with van der Waals surface area (Å²) in [7, 11) is 4.12. The Labute approximate surface area is 236 Å². The Morgan fingerprint density at radius 1 is 1.05 bits per heavy atom. The van der Waals surface area contributed by atoms with Crippen molar-refractivity contribution in [2.75, 3.05) is 31.4 Å². The third kappa shape index (κ3) is 6.36. The van der Waals surface area contributed by atoms with E-state index in [1.807, 2.05) is 36.4 Å². The third-order valence-corrected chi connectivity index (χ3v) is 7.25. The predicted octanol–water partition coefficient (Wildman–Crippen LogP) is 7.97. The van der Waals surface area contributed by atoms with Crippen LogP contribution >= 0.6 is 23.4 Å². The first-order valence-electron chi connectivity index (χ1n) is 12.4. The summed E-state index contributed by atoms with van der Waals surface area (Å²) in [6.07, 6.45) is 3.62. The highest BCUT2D eigenvalue weighted by atomic mass is 35.5. The maximum atomic E-state index is 13.4. The second kappa shape index (κ2) is 12.1. The molecule has 0 saturated carbocycles. The molecule has 1 N–H and O–H groups in total. The van der Waals surface area contributed by atoms with E-state index in [-0.39, 0.29) is 18.5 Å². The molecule has 9 heteroatoms. The van der Waals surface area contributed by atoms with Crippen LogP contribution in [-0.2, 0) is 6.61 Å². The number of furan rings is 1. The molecular formula is C30H28ClFN4O2S. The quantitative estimate of drug-likeness (QED) is 0.185. The summed E-state index contributed by atoms with van der Waals surface area (Å²) in [6, 6.07) is 21.9. The van der Waals surface area contributed by atoms with Gasteiger partial charge in [0.15, 0.2) is 0 Å². The summed E-state index contributed by atoms with van der Waals surface area (Å²) in [5, 5.41) is 4.63. The van der Waals surface area contributed by atoms with Gasteiger partial charge < -0.3 is 14.5 Å². The summed E-state index contributed by atoms with van der Waals surface area (Å²) in [5.74, 6) is 3.51. The van der Waals surface area contributed by atoms with E-state index in [0.717, 1.165) is 45.0 Å². The Morgan fingerprint density at radius 3 is 2.69 bits per heavy atom. The number of nitrogens with one attached hydrogen (secondary N) is 1. The number of rotatable bonds is 10. The molecule has 3 aromatic carbocycles. The van der Waals surface area contributed by atoms with Gasteiger partial charge in [0.1, 0.15) is 41.8 Å². The van der Waals surface area contributed by atoms with Crippen LogP contribution in [0.25, 0.3) is 22.2 Å². The number of hydrogen-bond acceptors (Lipinski definition) is 7. The van der Waals surface area contributed by atoms with Crippen LogP contribution in [0, 0.1) is 5.82 Å². The summed E-state index contributed by atoms with van der Waals surface area (Å²) in [5.41, 5.74) is 3.21. The second-order valence-electron chi connectivity index (χ2n) is 9.28. The number of fused-ring (bicyclic) bond motifs is 1. The zero-order chi connectivity index (χ0) is 27.4. The first-order chi connectivity index (χ1) is 18.9. The predicted molar refractivity (Wildman–Crippen MR) is 158 cm³/mol. The SMILES string of the molecule is CSCC(c1ccc(-c2ccc3ncnc(Nc4ccc(OCc5cccc(F)c5)c(Cl)c4)c3c2)o1)N(C)C. The summed E-state index contributed by atoms with van der Waals surface area (Å²) < 4.78 is 25.5. The Bertz CT molecular complexity index is 1590. The fourth-order valence-electron chi connectivity index (χ4n) is 4.26. The molecule has 6 nitrogen and oxygen atoms in total. The average molecular weight is 563 g/mol. The van der Waals surface area contributed by atoms with Crippen LogP contribution < -0.4 is 10.1 Å². The van der Waals surface area contributed by atoms with Gasteiger partial charge in [-0.25, -0.2) is 14.4 Å². The molecule has 0 aliphatic heterocycles. The highest BCUT2D eigenvalue weighted by Crippen LogP contribution is 2.34. The number of aromatic nitrogens is 2. The monoisotopic (exact) mass is 562 g/mol. The van der Waals surface area contributed by atoms with E-state index in [9.17, 15) is 4.39 Å². The molecule has 200 valence electrons. The van der Waals surface area contributed by atoms with Crippen LogP contribution in [0.15, 0.2) is 83.5 Å². The number of nitrogens with zero attached hydrogens (tertiary/aromatic N) is 3. The second-order valence-corrected chi connectivity index (χ2v) is 10.6. The van der Waals surface area contributed by atoms with Gasteiger partial charge in [-0.05, 0) is 86.6 Å². The lowest BCUT2D eigenvalue weighted by molar-refractivity contribution is 0.284. The lowest BCUT2D eigenvalue weighted by atomic mass is 10.1. The van der Waals surface area contributed by atoms with Gasteiger partial charge in [0.25, 0.3) is 0 Å². The zero-order valence-electron chi connectivity index (χ0n) is 21.8. The number of anilines is 2. The van der Waals surface area contributed by atoms with E-state index in [2.05, 4.69) is 40.5 Å². The number of hydrogen-bond donors (Lipinski definition) is 1. The van der Waals surface area contributed by atoms with E-state index in [1.165, 1.54) is 18.5 Å². The van der Waals surface area contributed by atoms with Crippen molar-refractivity contribution in [1.29, 1.82) is 0 Å². The molecule has 5 aromatic rings. The molecule has 0 spiro atoms. The van der Waals surface area contributed by atoms with Crippen molar-refractivity contribution in [2.45, 2.75) is 12.6 Å². The maximum Gasteiger partial charge on any atom is 0.141 e. The Kier molecular flexibility index (Phi) is 8.35. The fourth-order valence-corrected chi connectivity index (χ4v) is 5.27. The first kappa shape index (κ1) is 27.0. The number of halogens is 2. The van der Waals surface area contributed by atoms with Gasteiger partial charge in [0, 0.05) is 22.4 Å². The van der Waals surface area contributed by atoms with Crippen LogP contribution in [0.1, 0.15) is 17.4 Å². The number of benzene rings is 3. The van der Waals surface area contributed by atoms with E-state index in [1.54, 1.807) is 36.0 Å². The molecule has 0 aliphatic rings. The van der Waals surface area contributed by atoms with Crippen LogP contribution in [-0.4, -0.2) is 41.0 Å². The van der Waals surface area contributed by atoms with E-state index in [4.69, 9.17) is 20.8 Å². The minimum Gasteiger partial charge on any atom is -0.487 e. The standard InChI is InChI=1S/C30H28ClFN4O2S/c1-36(2)26(17-39-3)29-12-11-27(38-29)20-7-9-25-23(14-20)30(34-18-33-25)35-22-8-10-28(24(31)15-22)37-16-19-5-4-6-21(32)13-19/h4-15,18,26H,16-17H2,1-3H3,(H,33,34,35). The molecular weight excluding hydrogens is 535 g/mol. The molecule has 2 heterocycles. The van der Waals surface area contributed by atoms with Crippen molar-refractivity contribution in [3.8, 4) is 17.1 Å². The largest absolute Gasteiger partial charge is 0.487 e. The topological polar surface area (TPSA) is 63.4 Å². The Balaban J connectivity index is 1.37.